The lowest BCUT2D eigenvalue weighted by molar-refractivity contribution is 0.447. The average Bonchev–Trinajstić information content (AvgIpc) is 2.76. The van der Waals surface area contributed by atoms with Crippen molar-refractivity contribution in [3.8, 4) is 0 Å². The molecule has 2 heterocycles. The summed E-state index contributed by atoms with van der Waals surface area (Å²) in [6, 6.07) is 0.491. The standard InChI is InChI=1S/C10H15N3O/c14-10-12(8-3-4-8)6-7-13(10)9-2-1-5-11-9/h6-9,11H,1-5H2. The highest BCUT2D eigenvalue weighted by molar-refractivity contribution is 4.93. The molecular weight excluding hydrogens is 178 g/mol. The van der Waals surface area contributed by atoms with Crippen molar-refractivity contribution < 1.29 is 0 Å². The summed E-state index contributed by atoms with van der Waals surface area (Å²) >= 11 is 0. The molecule has 1 saturated heterocycles. The van der Waals surface area contributed by atoms with Crippen LogP contribution in [-0.4, -0.2) is 15.7 Å². The normalized spacial score (nSPS) is 27.0. The van der Waals surface area contributed by atoms with E-state index in [0.29, 0.717) is 6.04 Å². The molecule has 0 aromatic carbocycles. The number of hydrogen-bond acceptors (Lipinski definition) is 2. The van der Waals surface area contributed by atoms with Crippen molar-refractivity contribution in [2.24, 2.45) is 0 Å². The molecule has 1 aliphatic carbocycles. The van der Waals surface area contributed by atoms with E-state index in [1.807, 2.05) is 21.5 Å². The Hall–Kier alpha value is -1.03. The van der Waals surface area contributed by atoms with Crippen LogP contribution in [0.2, 0.25) is 0 Å². The quantitative estimate of drug-likeness (QED) is 0.756. The van der Waals surface area contributed by atoms with Gasteiger partial charge in [0.2, 0.25) is 0 Å². The summed E-state index contributed by atoms with van der Waals surface area (Å²) < 4.78 is 3.71. The van der Waals surface area contributed by atoms with Crippen molar-refractivity contribution in [1.82, 2.24) is 14.5 Å². The van der Waals surface area contributed by atoms with Gasteiger partial charge in [-0.1, -0.05) is 0 Å². The van der Waals surface area contributed by atoms with Gasteiger partial charge in [-0.2, -0.15) is 0 Å². The highest BCUT2D eigenvalue weighted by atomic mass is 16.2. The van der Waals surface area contributed by atoms with E-state index in [9.17, 15) is 4.79 Å². The van der Waals surface area contributed by atoms with Gasteiger partial charge < -0.3 is 0 Å². The molecule has 0 bridgehead atoms. The first-order chi connectivity index (χ1) is 6.86. The number of imidazole rings is 1. The van der Waals surface area contributed by atoms with Gasteiger partial charge in [-0.15, -0.1) is 0 Å². The van der Waals surface area contributed by atoms with Crippen molar-refractivity contribution >= 4 is 0 Å². The van der Waals surface area contributed by atoms with Crippen LogP contribution in [0.15, 0.2) is 17.2 Å². The maximum Gasteiger partial charge on any atom is 0.329 e. The zero-order chi connectivity index (χ0) is 9.54. The monoisotopic (exact) mass is 193 g/mol. The second kappa shape index (κ2) is 2.98. The summed E-state index contributed by atoms with van der Waals surface area (Å²) in [5.41, 5.74) is 0.159. The highest BCUT2D eigenvalue weighted by Gasteiger charge is 2.27. The first-order valence-corrected chi connectivity index (χ1v) is 5.38. The molecule has 3 rings (SSSR count). The van der Waals surface area contributed by atoms with E-state index in [-0.39, 0.29) is 11.9 Å². The van der Waals surface area contributed by atoms with Crippen molar-refractivity contribution in [3.05, 3.63) is 22.9 Å². The molecule has 1 aromatic heterocycles. The molecule has 1 atom stereocenters. The van der Waals surface area contributed by atoms with Crippen LogP contribution in [0.5, 0.6) is 0 Å². The minimum absolute atomic E-state index is 0.159. The Labute approximate surface area is 82.5 Å². The van der Waals surface area contributed by atoms with E-state index in [2.05, 4.69) is 5.32 Å². The lowest BCUT2D eigenvalue weighted by Crippen LogP contribution is -2.31. The Balaban J connectivity index is 1.93. The second-order valence-electron chi connectivity index (χ2n) is 4.24. The first-order valence-electron chi connectivity index (χ1n) is 5.38. The van der Waals surface area contributed by atoms with Gasteiger partial charge in [-0.05, 0) is 32.2 Å². The maximum absolute atomic E-state index is 11.9. The van der Waals surface area contributed by atoms with Crippen molar-refractivity contribution in [3.63, 3.8) is 0 Å². The third-order valence-electron chi connectivity index (χ3n) is 3.14. The fraction of sp³-hybridized carbons (Fsp3) is 0.700. The van der Waals surface area contributed by atoms with Crippen LogP contribution in [0.4, 0.5) is 0 Å². The van der Waals surface area contributed by atoms with Gasteiger partial charge in [-0.25, -0.2) is 4.79 Å². The van der Waals surface area contributed by atoms with Crippen LogP contribution >= 0.6 is 0 Å². The van der Waals surface area contributed by atoms with E-state index in [4.69, 9.17) is 0 Å². The molecule has 1 N–H and O–H groups in total. The molecule has 0 radical (unpaired) electrons. The third-order valence-corrected chi connectivity index (χ3v) is 3.14. The van der Waals surface area contributed by atoms with Crippen LogP contribution in [0, 0.1) is 0 Å². The SMILES string of the molecule is O=c1n(C2CC2)ccn1C1CCCN1. The molecule has 14 heavy (non-hydrogen) atoms. The summed E-state index contributed by atoms with van der Waals surface area (Å²) in [5.74, 6) is 0. The summed E-state index contributed by atoms with van der Waals surface area (Å²) in [7, 11) is 0. The van der Waals surface area contributed by atoms with E-state index in [1.54, 1.807) is 0 Å². The predicted octanol–water partition coefficient (Wildman–Crippen LogP) is 0.867. The molecule has 76 valence electrons. The molecule has 1 saturated carbocycles. The van der Waals surface area contributed by atoms with E-state index < -0.39 is 0 Å². The summed E-state index contributed by atoms with van der Waals surface area (Å²) in [6.07, 6.45) is 8.68. The molecular formula is C10H15N3O. The maximum atomic E-state index is 11.9. The first kappa shape index (κ1) is 8.29. The minimum Gasteiger partial charge on any atom is -0.297 e. The summed E-state index contributed by atoms with van der Waals surface area (Å²) in [5, 5.41) is 3.34. The number of hydrogen-bond donors (Lipinski definition) is 1. The second-order valence-corrected chi connectivity index (χ2v) is 4.24. The third kappa shape index (κ3) is 1.21. The zero-order valence-corrected chi connectivity index (χ0v) is 8.15. The van der Waals surface area contributed by atoms with Crippen LogP contribution in [0.3, 0.4) is 0 Å². The fourth-order valence-corrected chi connectivity index (χ4v) is 2.18. The molecule has 2 fully saturated rings. The largest absolute Gasteiger partial charge is 0.329 e. The number of rotatable bonds is 2. The Morgan fingerprint density at radius 3 is 2.64 bits per heavy atom. The van der Waals surface area contributed by atoms with Gasteiger partial charge >= 0.3 is 5.69 Å². The minimum atomic E-state index is 0.159. The molecule has 0 amide bonds. The molecule has 2 aliphatic rings. The molecule has 4 heteroatoms. The van der Waals surface area contributed by atoms with Crippen molar-refractivity contribution in [2.45, 2.75) is 37.9 Å². The number of nitrogens with one attached hydrogen (secondary N) is 1. The molecule has 4 nitrogen and oxygen atoms in total. The fourth-order valence-electron chi connectivity index (χ4n) is 2.18. The van der Waals surface area contributed by atoms with Gasteiger partial charge in [0.25, 0.3) is 0 Å². The average molecular weight is 193 g/mol. The number of nitrogens with zero attached hydrogens (tertiary/aromatic N) is 2. The lowest BCUT2D eigenvalue weighted by Gasteiger charge is -2.10. The number of aromatic nitrogens is 2. The molecule has 1 unspecified atom stereocenters. The summed E-state index contributed by atoms with van der Waals surface area (Å²) in [6.45, 7) is 1.03. The van der Waals surface area contributed by atoms with Crippen LogP contribution in [-0.2, 0) is 0 Å². The Morgan fingerprint density at radius 1 is 1.21 bits per heavy atom. The van der Waals surface area contributed by atoms with Gasteiger partial charge in [-0.3, -0.25) is 14.5 Å². The highest BCUT2D eigenvalue weighted by Crippen LogP contribution is 2.33. The summed E-state index contributed by atoms with van der Waals surface area (Å²) in [4.78, 5) is 11.9. The van der Waals surface area contributed by atoms with Crippen LogP contribution < -0.4 is 11.0 Å². The predicted molar refractivity (Wildman–Crippen MR) is 53.2 cm³/mol. The smallest absolute Gasteiger partial charge is 0.297 e. The van der Waals surface area contributed by atoms with Gasteiger partial charge in [0, 0.05) is 18.4 Å². The van der Waals surface area contributed by atoms with Crippen LogP contribution in [0.25, 0.3) is 0 Å². The molecule has 1 aromatic rings. The Kier molecular flexibility index (Phi) is 1.77. The van der Waals surface area contributed by atoms with E-state index in [1.165, 1.54) is 19.3 Å². The Morgan fingerprint density at radius 2 is 2.00 bits per heavy atom. The van der Waals surface area contributed by atoms with Gasteiger partial charge in [0.1, 0.15) is 0 Å². The van der Waals surface area contributed by atoms with Crippen molar-refractivity contribution in [2.75, 3.05) is 6.54 Å². The van der Waals surface area contributed by atoms with E-state index >= 15 is 0 Å². The molecule has 0 spiro atoms. The van der Waals surface area contributed by atoms with Gasteiger partial charge in [0.15, 0.2) is 0 Å². The molecule has 1 aliphatic heterocycles. The van der Waals surface area contributed by atoms with Crippen molar-refractivity contribution in [1.29, 1.82) is 0 Å². The van der Waals surface area contributed by atoms with E-state index in [0.717, 1.165) is 13.0 Å². The van der Waals surface area contributed by atoms with Crippen LogP contribution in [0.1, 0.15) is 37.9 Å². The Bertz CT molecular complexity index is 382. The topological polar surface area (TPSA) is 39.0 Å². The lowest BCUT2D eigenvalue weighted by atomic mass is 10.3. The van der Waals surface area contributed by atoms with Gasteiger partial charge in [0.05, 0.1) is 6.17 Å². The zero-order valence-electron chi connectivity index (χ0n) is 8.15.